The van der Waals surface area contributed by atoms with Crippen molar-refractivity contribution in [1.29, 1.82) is 0 Å². The molecule has 0 spiro atoms. The van der Waals surface area contributed by atoms with E-state index in [0.29, 0.717) is 24.5 Å². The van der Waals surface area contributed by atoms with Gasteiger partial charge in [-0.3, -0.25) is 0 Å². The van der Waals surface area contributed by atoms with E-state index in [1.54, 1.807) is 6.20 Å². The first-order valence-corrected chi connectivity index (χ1v) is 8.86. The van der Waals surface area contributed by atoms with E-state index in [2.05, 4.69) is 41.3 Å². The zero-order chi connectivity index (χ0) is 17.6. The Kier molecular flexibility index (Phi) is 7.68. The fraction of sp³-hybridized carbons (Fsp3) is 0.400. The summed E-state index contributed by atoms with van der Waals surface area (Å²) in [6, 6.07) is 10.0. The van der Waals surface area contributed by atoms with Crippen molar-refractivity contribution >= 4 is 35.6 Å². The number of pyridine rings is 1. The molecule has 0 radical (unpaired) electrons. The molecule has 6 heteroatoms. The lowest BCUT2D eigenvalue weighted by Crippen LogP contribution is -2.22. The van der Waals surface area contributed by atoms with E-state index in [9.17, 15) is 0 Å². The minimum Gasteiger partial charge on any atom is -0.474 e. The Labute approximate surface area is 172 Å². The van der Waals surface area contributed by atoms with Crippen molar-refractivity contribution in [2.45, 2.75) is 52.2 Å². The maximum Gasteiger partial charge on any atom is 0.213 e. The van der Waals surface area contributed by atoms with Gasteiger partial charge in [0.2, 0.25) is 5.88 Å². The van der Waals surface area contributed by atoms with Gasteiger partial charge in [0.25, 0.3) is 0 Å². The number of aliphatic imine (C=N–C) groups is 1. The molecule has 0 aliphatic heterocycles. The van der Waals surface area contributed by atoms with Crippen molar-refractivity contribution < 1.29 is 4.74 Å². The number of benzene rings is 1. The Morgan fingerprint density at radius 1 is 1.19 bits per heavy atom. The second kappa shape index (κ2) is 9.75. The van der Waals surface area contributed by atoms with Crippen molar-refractivity contribution in [3.63, 3.8) is 0 Å². The molecule has 0 saturated heterocycles. The van der Waals surface area contributed by atoms with Gasteiger partial charge in [-0.05, 0) is 74.4 Å². The molecule has 1 aromatic carbocycles. The summed E-state index contributed by atoms with van der Waals surface area (Å²) in [4.78, 5) is 8.71. The highest BCUT2D eigenvalue weighted by molar-refractivity contribution is 14.0. The third kappa shape index (κ3) is 5.86. The van der Waals surface area contributed by atoms with Crippen LogP contribution in [0.25, 0.3) is 0 Å². The van der Waals surface area contributed by atoms with Crippen LogP contribution in [0, 0.1) is 13.8 Å². The molecule has 2 aromatic rings. The first-order chi connectivity index (χ1) is 12.1. The maximum atomic E-state index is 6.00. The lowest BCUT2D eigenvalue weighted by molar-refractivity contribution is 0.201. The molecular formula is C20H27IN4O. The average Bonchev–Trinajstić information content (AvgIpc) is 3.10. The quantitative estimate of drug-likeness (QED) is 0.385. The minimum absolute atomic E-state index is 0. The van der Waals surface area contributed by atoms with E-state index in [-0.39, 0.29) is 24.0 Å². The fourth-order valence-corrected chi connectivity index (χ4v) is 2.97. The highest BCUT2D eigenvalue weighted by Crippen LogP contribution is 2.23. The molecule has 1 fully saturated rings. The summed E-state index contributed by atoms with van der Waals surface area (Å²) in [5.41, 5.74) is 10.5. The average molecular weight is 466 g/mol. The molecule has 3 rings (SSSR count). The lowest BCUT2D eigenvalue weighted by Gasteiger charge is -2.12. The van der Waals surface area contributed by atoms with Crippen LogP contribution in [0.5, 0.6) is 5.88 Å². The Hall–Kier alpha value is -1.83. The summed E-state index contributed by atoms with van der Waals surface area (Å²) in [6.07, 6.45) is 6.81. The van der Waals surface area contributed by atoms with E-state index in [4.69, 9.17) is 10.5 Å². The van der Waals surface area contributed by atoms with Gasteiger partial charge in [0.05, 0.1) is 6.54 Å². The highest BCUT2D eigenvalue weighted by Gasteiger charge is 2.16. The van der Waals surface area contributed by atoms with Crippen LogP contribution < -0.4 is 15.8 Å². The number of halogens is 1. The number of rotatable bonds is 5. The van der Waals surface area contributed by atoms with Crippen LogP contribution in [0.3, 0.4) is 0 Å². The summed E-state index contributed by atoms with van der Waals surface area (Å²) in [6.45, 7) is 4.66. The van der Waals surface area contributed by atoms with Crippen LogP contribution in [-0.4, -0.2) is 17.0 Å². The molecule has 3 N–H and O–H groups in total. The number of nitrogens with two attached hydrogens (primary N) is 1. The molecule has 1 aliphatic rings. The number of nitrogens with zero attached hydrogens (tertiary/aromatic N) is 2. The van der Waals surface area contributed by atoms with E-state index in [1.807, 2.05) is 18.2 Å². The van der Waals surface area contributed by atoms with Crippen molar-refractivity contribution in [2.24, 2.45) is 10.7 Å². The summed E-state index contributed by atoms with van der Waals surface area (Å²) < 4.78 is 5.94. The largest absolute Gasteiger partial charge is 0.474 e. The SMILES string of the molecule is Cc1ccc(NC(N)=NCc2ccnc(OC3CCCC3)c2)cc1C.I. The molecule has 5 nitrogen and oxygen atoms in total. The smallest absolute Gasteiger partial charge is 0.213 e. The molecule has 1 saturated carbocycles. The Morgan fingerprint density at radius 2 is 1.96 bits per heavy atom. The van der Waals surface area contributed by atoms with Crippen molar-refractivity contribution in [2.75, 3.05) is 5.32 Å². The normalized spacial score (nSPS) is 14.8. The third-order valence-corrected chi connectivity index (χ3v) is 4.60. The summed E-state index contributed by atoms with van der Waals surface area (Å²) in [5, 5.41) is 3.13. The third-order valence-electron chi connectivity index (χ3n) is 4.60. The van der Waals surface area contributed by atoms with E-state index >= 15 is 0 Å². The van der Waals surface area contributed by atoms with Crippen LogP contribution in [0.15, 0.2) is 41.5 Å². The standard InChI is InChI=1S/C20H26N4O.HI/c1-14-7-8-17(11-15(14)2)24-20(21)23-13-16-9-10-22-19(12-16)25-18-5-3-4-6-18;/h7-12,18H,3-6,13H2,1-2H3,(H3,21,23,24);1H. The van der Waals surface area contributed by atoms with Gasteiger partial charge >= 0.3 is 0 Å². The van der Waals surface area contributed by atoms with Gasteiger partial charge in [0.1, 0.15) is 6.10 Å². The zero-order valence-corrected chi connectivity index (χ0v) is 17.7. The molecule has 1 aromatic heterocycles. The van der Waals surface area contributed by atoms with E-state index in [0.717, 1.165) is 24.1 Å². The zero-order valence-electron chi connectivity index (χ0n) is 15.4. The van der Waals surface area contributed by atoms with Crippen LogP contribution in [0.4, 0.5) is 5.69 Å². The molecule has 1 aliphatic carbocycles. The number of hydrogen-bond acceptors (Lipinski definition) is 3. The van der Waals surface area contributed by atoms with Gasteiger partial charge in [0.15, 0.2) is 5.96 Å². The van der Waals surface area contributed by atoms with E-state index in [1.165, 1.54) is 24.0 Å². The minimum atomic E-state index is 0. The number of aromatic nitrogens is 1. The van der Waals surface area contributed by atoms with Gasteiger partial charge in [0, 0.05) is 18.0 Å². The number of ether oxygens (including phenoxy) is 1. The Balaban J connectivity index is 0.00000243. The van der Waals surface area contributed by atoms with Crippen molar-refractivity contribution in [3.05, 3.63) is 53.2 Å². The molecule has 1 heterocycles. The number of nitrogens with one attached hydrogen (secondary N) is 1. The van der Waals surface area contributed by atoms with Gasteiger partial charge in [-0.15, -0.1) is 24.0 Å². The Morgan fingerprint density at radius 3 is 2.69 bits per heavy atom. The fourth-order valence-electron chi connectivity index (χ4n) is 2.97. The maximum absolute atomic E-state index is 6.00. The van der Waals surface area contributed by atoms with Crippen LogP contribution >= 0.6 is 24.0 Å². The van der Waals surface area contributed by atoms with Crippen molar-refractivity contribution in [1.82, 2.24) is 4.98 Å². The monoisotopic (exact) mass is 466 g/mol. The van der Waals surface area contributed by atoms with Crippen LogP contribution in [0.2, 0.25) is 0 Å². The van der Waals surface area contributed by atoms with Gasteiger partial charge < -0.3 is 15.8 Å². The van der Waals surface area contributed by atoms with Gasteiger partial charge in [-0.25, -0.2) is 9.98 Å². The Bertz CT molecular complexity index is 757. The summed E-state index contributed by atoms with van der Waals surface area (Å²) in [7, 11) is 0. The van der Waals surface area contributed by atoms with Crippen LogP contribution in [-0.2, 0) is 6.54 Å². The highest BCUT2D eigenvalue weighted by atomic mass is 127. The first-order valence-electron chi connectivity index (χ1n) is 8.86. The van der Waals surface area contributed by atoms with Gasteiger partial charge in [-0.1, -0.05) is 6.07 Å². The predicted molar refractivity (Wildman–Crippen MR) is 117 cm³/mol. The molecule has 0 unspecified atom stereocenters. The number of anilines is 1. The molecule has 140 valence electrons. The summed E-state index contributed by atoms with van der Waals surface area (Å²) in [5.74, 6) is 1.08. The summed E-state index contributed by atoms with van der Waals surface area (Å²) >= 11 is 0. The number of guanidine groups is 1. The topological polar surface area (TPSA) is 72.5 Å². The number of aryl methyl sites for hydroxylation is 2. The molecule has 0 amide bonds. The van der Waals surface area contributed by atoms with E-state index < -0.39 is 0 Å². The van der Waals surface area contributed by atoms with Crippen molar-refractivity contribution in [3.8, 4) is 5.88 Å². The molecular weight excluding hydrogens is 439 g/mol. The van der Waals surface area contributed by atoms with Crippen LogP contribution in [0.1, 0.15) is 42.4 Å². The van der Waals surface area contributed by atoms with Gasteiger partial charge in [-0.2, -0.15) is 0 Å². The number of hydrogen-bond donors (Lipinski definition) is 2. The second-order valence-electron chi connectivity index (χ2n) is 6.65. The lowest BCUT2D eigenvalue weighted by atomic mass is 10.1. The molecule has 26 heavy (non-hydrogen) atoms. The molecule has 0 atom stereocenters. The molecule has 0 bridgehead atoms. The predicted octanol–water partition coefficient (Wildman–Crippen LogP) is 4.56. The second-order valence-corrected chi connectivity index (χ2v) is 6.65. The first kappa shape index (κ1) is 20.5.